The Bertz CT molecular complexity index is 1120. The maximum Gasteiger partial charge on any atom is 0.339 e. The zero-order chi connectivity index (χ0) is 23.2. The second-order valence-electron chi connectivity index (χ2n) is 6.01. The van der Waals surface area contributed by atoms with Crippen molar-refractivity contribution < 1.29 is 42.9 Å². The number of aliphatic carboxylic acids is 1. The van der Waals surface area contributed by atoms with E-state index in [-0.39, 0.29) is 17.7 Å². The van der Waals surface area contributed by atoms with E-state index in [1.165, 1.54) is 0 Å². The van der Waals surface area contributed by atoms with Gasteiger partial charge in [0, 0.05) is 12.4 Å². The topological polar surface area (TPSA) is 213 Å². The molecule has 0 saturated carbocycles. The molecule has 1 heterocycles. The van der Waals surface area contributed by atoms with Crippen LogP contribution in [0.1, 0.15) is 33.0 Å². The minimum atomic E-state index is -4.17. The monoisotopic (exact) mass is 452 g/mol. The van der Waals surface area contributed by atoms with Crippen LogP contribution in [0.5, 0.6) is 5.75 Å². The quantitative estimate of drug-likeness (QED) is 0.279. The molecule has 0 saturated heterocycles. The number of sulfonamides is 1. The smallest absolute Gasteiger partial charge is 0.339 e. The predicted molar refractivity (Wildman–Crippen MR) is 101 cm³/mol. The normalized spacial score (nSPS) is 12.0. The number of nitrogens with zero attached hydrogens (tertiary/aromatic N) is 2. The van der Waals surface area contributed by atoms with E-state index in [1.807, 2.05) is 0 Å². The molecule has 5 N–H and O–H groups in total. The van der Waals surface area contributed by atoms with Gasteiger partial charge in [0.05, 0.1) is 29.5 Å². The number of rotatable bonds is 10. The van der Waals surface area contributed by atoms with Crippen molar-refractivity contribution in [1.82, 2.24) is 20.0 Å². The average molecular weight is 452 g/mol. The average Bonchev–Trinajstić information content (AvgIpc) is 2.71. The van der Waals surface area contributed by atoms with Crippen LogP contribution in [0, 0.1) is 0 Å². The molecule has 0 bridgehead atoms. The summed E-state index contributed by atoms with van der Waals surface area (Å²) in [4.78, 5) is 51.7. The molecule has 0 aliphatic rings. The first kappa shape index (κ1) is 23.4. The van der Waals surface area contributed by atoms with Crippen LogP contribution < -0.4 is 10.0 Å². The third kappa shape index (κ3) is 6.28. The molecule has 0 aliphatic heterocycles. The molecule has 0 aliphatic carbocycles. The van der Waals surface area contributed by atoms with Crippen molar-refractivity contribution in [2.45, 2.75) is 23.9 Å². The van der Waals surface area contributed by atoms with Gasteiger partial charge in [-0.1, -0.05) is 0 Å². The maximum atomic E-state index is 12.3. The van der Waals surface area contributed by atoms with Gasteiger partial charge in [-0.2, -0.15) is 0 Å². The molecule has 0 unspecified atom stereocenters. The fourth-order valence-electron chi connectivity index (χ4n) is 2.23. The summed E-state index contributed by atoms with van der Waals surface area (Å²) in [7, 11) is -4.17. The molecule has 0 radical (unpaired) electrons. The molecule has 1 atom stereocenters. The minimum absolute atomic E-state index is 0.0326. The first-order valence-corrected chi connectivity index (χ1v) is 9.86. The van der Waals surface area contributed by atoms with Gasteiger partial charge < -0.3 is 25.4 Å². The second-order valence-corrected chi connectivity index (χ2v) is 7.78. The number of aromatic nitrogens is 2. The Kier molecular flexibility index (Phi) is 7.33. The third-order valence-electron chi connectivity index (χ3n) is 3.77. The summed E-state index contributed by atoms with van der Waals surface area (Å²) in [6, 6.07) is 1.49. The molecule has 0 fully saturated rings. The predicted octanol–water partition coefficient (Wildman–Crippen LogP) is -0.869. The van der Waals surface area contributed by atoms with Crippen molar-refractivity contribution >= 4 is 34.2 Å². The number of amides is 1. The lowest BCUT2D eigenvalue weighted by molar-refractivity contribution is -0.138. The minimum Gasteiger partial charge on any atom is -0.507 e. The van der Waals surface area contributed by atoms with Crippen molar-refractivity contribution in [3.05, 3.63) is 47.5 Å². The van der Waals surface area contributed by atoms with Gasteiger partial charge in [0.25, 0.3) is 5.91 Å². The number of hydrogen-bond donors (Lipinski definition) is 5. The highest BCUT2D eigenvalue weighted by Crippen LogP contribution is 2.21. The summed E-state index contributed by atoms with van der Waals surface area (Å²) in [5, 5.41) is 29.3. The van der Waals surface area contributed by atoms with Gasteiger partial charge in [0.15, 0.2) is 0 Å². The third-order valence-corrected chi connectivity index (χ3v) is 5.17. The van der Waals surface area contributed by atoms with E-state index in [0.29, 0.717) is 0 Å². The van der Waals surface area contributed by atoms with Gasteiger partial charge in [-0.15, -0.1) is 0 Å². The van der Waals surface area contributed by atoms with E-state index >= 15 is 0 Å². The standard InChI is InChI=1S/C17H16N4O9S/c22-8-10(3-15(24)25)21-16(26)9-5-18-14(19-6-9)7-20-31(29,30)11-1-2-13(23)12(4-11)17(27)28/h1-2,4-6,8,10,20,23H,3,7H2,(H,21,26)(H,24,25)(H,27,28)/t10-/m0/s1. The van der Waals surface area contributed by atoms with Gasteiger partial charge in [0.1, 0.15) is 23.4 Å². The van der Waals surface area contributed by atoms with Crippen LogP contribution in [-0.4, -0.2) is 63.9 Å². The first-order valence-electron chi connectivity index (χ1n) is 8.38. The molecule has 13 nitrogen and oxygen atoms in total. The Morgan fingerprint density at radius 3 is 2.32 bits per heavy atom. The molecule has 1 amide bonds. The summed E-state index contributed by atoms with van der Waals surface area (Å²) >= 11 is 0. The number of phenols is 1. The molecule has 164 valence electrons. The van der Waals surface area contributed by atoms with E-state index in [2.05, 4.69) is 20.0 Å². The Labute approximate surface area is 174 Å². The molecule has 31 heavy (non-hydrogen) atoms. The van der Waals surface area contributed by atoms with Crippen molar-refractivity contribution in [2.75, 3.05) is 0 Å². The van der Waals surface area contributed by atoms with Gasteiger partial charge in [-0.25, -0.2) is 27.9 Å². The lowest BCUT2D eigenvalue weighted by atomic mass is 10.2. The van der Waals surface area contributed by atoms with Crippen LogP contribution in [-0.2, 0) is 26.2 Å². The van der Waals surface area contributed by atoms with Gasteiger partial charge >= 0.3 is 11.9 Å². The van der Waals surface area contributed by atoms with Crippen molar-refractivity contribution in [3.63, 3.8) is 0 Å². The molecular formula is C17H16N4O9S. The SMILES string of the molecule is O=C[C@H](CC(=O)O)NC(=O)c1cnc(CNS(=O)(=O)c2ccc(O)c(C(=O)O)c2)nc1. The van der Waals surface area contributed by atoms with Crippen LogP contribution in [0.25, 0.3) is 0 Å². The van der Waals surface area contributed by atoms with Crippen LogP contribution >= 0.6 is 0 Å². The second kappa shape index (κ2) is 9.73. The zero-order valence-electron chi connectivity index (χ0n) is 15.5. The van der Waals surface area contributed by atoms with Crippen molar-refractivity contribution in [3.8, 4) is 5.75 Å². The fourth-order valence-corrected chi connectivity index (χ4v) is 3.24. The van der Waals surface area contributed by atoms with Crippen molar-refractivity contribution in [1.29, 1.82) is 0 Å². The molecular weight excluding hydrogens is 436 g/mol. The summed E-state index contributed by atoms with van der Waals surface area (Å²) in [6.45, 7) is -0.399. The summed E-state index contributed by atoms with van der Waals surface area (Å²) in [6.07, 6.45) is 1.78. The van der Waals surface area contributed by atoms with E-state index in [9.17, 15) is 32.7 Å². The number of carbonyl (C=O) groups excluding carboxylic acids is 2. The highest BCUT2D eigenvalue weighted by Gasteiger charge is 2.20. The van der Waals surface area contributed by atoms with E-state index in [1.54, 1.807) is 0 Å². The molecule has 14 heteroatoms. The highest BCUT2D eigenvalue weighted by atomic mass is 32.2. The fraction of sp³-hybridized carbons (Fsp3) is 0.176. The van der Waals surface area contributed by atoms with Crippen molar-refractivity contribution in [2.24, 2.45) is 0 Å². The number of aldehydes is 1. The Morgan fingerprint density at radius 2 is 1.77 bits per heavy atom. The molecule has 2 aromatic rings. The van der Waals surface area contributed by atoms with Crippen LogP contribution in [0.2, 0.25) is 0 Å². The number of carbonyl (C=O) groups is 4. The number of hydrogen-bond acceptors (Lipinski definition) is 9. The molecule has 1 aromatic carbocycles. The number of aromatic hydroxyl groups is 1. The first-order chi connectivity index (χ1) is 14.5. The lowest BCUT2D eigenvalue weighted by Gasteiger charge is -2.10. The van der Waals surface area contributed by atoms with Crippen LogP contribution in [0.4, 0.5) is 0 Å². The summed E-state index contributed by atoms with van der Waals surface area (Å²) in [5.41, 5.74) is -0.681. The van der Waals surface area contributed by atoms with E-state index in [4.69, 9.17) is 10.2 Å². The molecule has 2 rings (SSSR count). The van der Waals surface area contributed by atoms with E-state index in [0.717, 1.165) is 30.6 Å². The Hall–Kier alpha value is -3.91. The largest absolute Gasteiger partial charge is 0.507 e. The van der Waals surface area contributed by atoms with E-state index < -0.39 is 63.1 Å². The Balaban J connectivity index is 2.05. The van der Waals surface area contributed by atoms with Gasteiger partial charge in [-0.3, -0.25) is 9.59 Å². The van der Waals surface area contributed by atoms with Gasteiger partial charge in [0.2, 0.25) is 10.0 Å². The molecule has 1 aromatic heterocycles. The number of aromatic carboxylic acids is 1. The highest BCUT2D eigenvalue weighted by molar-refractivity contribution is 7.89. The summed E-state index contributed by atoms with van der Waals surface area (Å²) in [5.74, 6) is -4.21. The van der Waals surface area contributed by atoms with Gasteiger partial charge in [-0.05, 0) is 18.2 Å². The lowest BCUT2D eigenvalue weighted by Crippen LogP contribution is -2.37. The van der Waals surface area contributed by atoms with Crippen LogP contribution in [0.3, 0.4) is 0 Å². The number of nitrogens with one attached hydrogen (secondary N) is 2. The molecule has 0 spiro atoms. The maximum absolute atomic E-state index is 12.3. The number of carboxylic acid groups (broad SMARTS) is 2. The number of carboxylic acids is 2. The Morgan fingerprint density at radius 1 is 1.13 bits per heavy atom. The zero-order valence-corrected chi connectivity index (χ0v) is 16.4. The number of benzene rings is 1. The summed E-state index contributed by atoms with van der Waals surface area (Å²) < 4.78 is 26.8. The van der Waals surface area contributed by atoms with Crippen LogP contribution in [0.15, 0.2) is 35.5 Å².